The number of hydrogen-bond acceptors (Lipinski definition) is 6. The van der Waals surface area contributed by atoms with E-state index < -0.39 is 11.4 Å². The minimum Gasteiger partial charge on any atom is -0.493 e. The summed E-state index contributed by atoms with van der Waals surface area (Å²) >= 11 is 0. The Morgan fingerprint density at radius 2 is 1.97 bits per heavy atom. The smallest absolute Gasteiger partial charge is 0.440 e. The molecule has 4 aromatic rings. The Morgan fingerprint density at radius 1 is 1.17 bits per heavy atom. The van der Waals surface area contributed by atoms with Gasteiger partial charge in [-0.3, -0.25) is 0 Å². The van der Waals surface area contributed by atoms with Crippen molar-refractivity contribution in [1.82, 2.24) is 14.7 Å². The predicted octanol–water partition coefficient (Wildman–Crippen LogP) is 2.90. The second-order valence-electron chi connectivity index (χ2n) is 6.62. The first-order valence-electron chi connectivity index (χ1n) is 9.22. The van der Waals surface area contributed by atoms with Crippen molar-refractivity contribution in [2.45, 2.75) is 19.9 Å². The Balaban J connectivity index is 1.35. The molecule has 0 fully saturated rings. The van der Waals surface area contributed by atoms with Gasteiger partial charge in [-0.25, -0.2) is 23.9 Å². The van der Waals surface area contributed by atoms with Gasteiger partial charge in [0.1, 0.15) is 17.3 Å². The number of ether oxygens (including phenoxy) is 1. The third kappa shape index (κ3) is 4.40. The number of nitrogens with zero attached hydrogens (tertiary/aromatic N) is 2. The summed E-state index contributed by atoms with van der Waals surface area (Å²) in [6.07, 6.45) is 0.524. The normalized spacial score (nSPS) is 11.0. The molecule has 0 saturated heterocycles. The Hall–Kier alpha value is -3.88. The molecule has 0 atom stereocenters. The van der Waals surface area contributed by atoms with Crippen LogP contribution in [-0.4, -0.2) is 21.3 Å². The Labute approximate surface area is 169 Å². The van der Waals surface area contributed by atoms with Gasteiger partial charge in [0.25, 0.3) is 0 Å². The van der Waals surface area contributed by atoms with Gasteiger partial charge in [0.15, 0.2) is 0 Å². The number of rotatable bonds is 7. The third-order valence-electron chi connectivity index (χ3n) is 4.45. The molecule has 0 aliphatic rings. The maximum absolute atomic E-state index is 13.4. The molecule has 0 bridgehead atoms. The standard InChI is InChI=1S/C21H18FN3O5/c1-13-18(23-19(29-13)15-3-2-4-16(22)11-15)9-10-28-17-7-5-14(6-8-17)12-25-20(26)24-21(27)30-25/h2-8,11H,9-10,12H2,1H3,(H,24,26,27). The van der Waals surface area contributed by atoms with Crippen LogP contribution in [0.15, 0.2) is 67.1 Å². The lowest BCUT2D eigenvalue weighted by atomic mass is 10.2. The molecule has 2 aromatic carbocycles. The van der Waals surface area contributed by atoms with Crippen molar-refractivity contribution in [1.29, 1.82) is 0 Å². The van der Waals surface area contributed by atoms with Crippen molar-refractivity contribution < 1.29 is 18.1 Å². The molecule has 4 rings (SSSR count). The zero-order valence-electron chi connectivity index (χ0n) is 16.1. The van der Waals surface area contributed by atoms with Gasteiger partial charge >= 0.3 is 11.4 Å². The summed E-state index contributed by atoms with van der Waals surface area (Å²) in [5.74, 6) is 0.543. The highest BCUT2D eigenvalue weighted by Gasteiger charge is 2.12. The highest BCUT2D eigenvalue weighted by atomic mass is 19.1. The van der Waals surface area contributed by atoms with E-state index >= 15 is 0 Å². The largest absolute Gasteiger partial charge is 0.493 e. The minimum atomic E-state index is -0.788. The first-order chi connectivity index (χ1) is 14.5. The Kier molecular flexibility index (Phi) is 5.34. The number of aromatic nitrogens is 3. The average molecular weight is 411 g/mol. The van der Waals surface area contributed by atoms with Crippen molar-refractivity contribution in [3.63, 3.8) is 0 Å². The summed E-state index contributed by atoms with van der Waals surface area (Å²) in [7, 11) is 0. The monoisotopic (exact) mass is 411 g/mol. The van der Waals surface area contributed by atoms with Gasteiger partial charge in [-0.05, 0) is 42.8 Å². The summed E-state index contributed by atoms with van der Waals surface area (Å²) in [5, 5.41) is 0. The Morgan fingerprint density at radius 3 is 2.67 bits per heavy atom. The second-order valence-corrected chi connectivity index (χ2v) is 6.62. The molecule has 1 N–H and O–H groups in total. The zero-order chi connectivity index (χ0) is 21.1. The molecule has 0 aliphatic heterocycles. The molecule has 2 aromatic heterocycles. The van der Waals surface area contributed by atoms with Gasteiger partial charge in [0.2, 0.25) is 5.89 Å². The summed E-state index contributed by atoms with van der Waals surface area (Å²) in [5.41, 5.74) is 1.51. The number of halogens is 1. The third-order valence-corrected chi connectivity index (χ3v) is 4.45. The van der Waals surface area contributed by atoms with Crippen LogP contribution in [0.5, 0.6) is 5.75 Å². The topological polar surface area (TPSA) is 103 Å². The molecule has 0 aliphatic carbocycles. The van der Waals surface area contributed by atoms with Gasteiger partial charge in [0, 0.05) is 12.0 Å². The van der Waals surface area contributed by atoms with Crippen LogP contribution in [0.25, 0.3) is 11.5 Å². The van der Waals surface area contributed by atoms with Gasteiger partial charge in [-0.1, -0.05) is 18.2 Å². The second kappa shape index (κ2) is 8.24. The lowest BCUT2D eigenvalue weighted by Crippen LogP contribution is -2.17. The summed E-state index contributed by atoms with van der Waals surface area (Å²) < 4.78 is 30.5. The van der Waals surface area contributed by atoms with Crippen molar-refractivity contribution in [2.24, 2.45) is 0 Å². The molecule has 9 heteroatoms. The molecule has 8 nitrogen and oxygen atoms in total. The number of aryl methyl sites for hydroxylation is 1. The average Bonchev–Trinajstić information content (AvgIpc) is 3.24. The van der Waals surface area contributed by atoms with Gasteiger partial charge in [-0.2, -0.15) is 0 Å². The highest BCUT2D eigenvalue weighted by Crippen LogP contribution is 2.23. The van der Waals surface area contributed by atoms with Crippen molar-refractivity contribution >= 4 is 0 Å². The van der Waals surface area contributed by atoms with Crippen LogP contribution in [0.1, 0.15) is 17.0 Å². The fraction of sp³-hybridized carbons (Fsp3) is 0.190. The number of H-pyrrole nitrogens is 1. The molecule has 154 valence electrons. The predicted molar refractivity (Wildman–Crippen MR) is 105 cm³/mol. The highest BCUT2D eigenvalue weighted by molar-refractivity contribution is 5.53. The van der Waals surface area contributed by atoms with E-state index in [0.29, 0.717) is 36.0 Å². The number of oxazole rings is 1. The number of hydrogen-bond donors (Lipinski definition) is 1. The molecule has 0 radical (unpaired) electrons. The Bertz CT molecular complexity index is 1270. The lowest BCUT2D eigenvalue weighted by molar-refractivity contribution is 0.258. The molecule has 2 heterocycles. The van der Waals surface area contributed by atoms with Crippen LogP contribution < -0.4 is 16.2 Å². The van der Waals surface area contributed by atoms with Gasteiger partial charge in [0.05, 0.1) is 18.8 Å². The van der Waals surface area contributed by atoms with Crippen LogP contribution in [0.3, 0.4) is 0 Å². The van der Waals surface area contributed by atoms with Crippen LogP contribution in [0.4, 0.5) is 4.39 Å². The van der Waals surface area contributed by atoms with E-state index in [0.717, 1.165) is 16.0 Å². The van der Waals surface area contributed by atoms with Gasteiger partial charge < -0.3 is 13.7 Å². The maximum atomic E-state index is 13.4. The fourth-order valence-corrected chi connectivity index (χ4v) is 2.95. The summed E-state index contributed by atoms with van der Waals surface area (Å²) in [6, 6.07) is 13.2. The first kappa shape index (κ1) is 19.4. The van der Waals surface area contributed by atoms with E-state index in [2.05, 4.69) is 4.98 Å². The molecular formula is C21H18FN3O5. The van der Waals surface area contributed by atoms with Crippen LogP contribution >= 0.6 is 0 Å². The molecule has 0 spiro atoms. The number of benzene rings is 2. The fourth-order valence-electron chi connectivity index (χ4n) is 2.95. The van der Waals surface area contributed by atoms with E-state index in [4.69, 9.17) is 13.7 Å². The van der Waals surface area contributed by atoms with E-state index in [1.165, 1.54) is 12.1 Å². The van der Waals surface area contributed by atoms with Crippen LogP contribution in [0, 0.1) is 12.7 Å². The van der Waals surface area contributed by atoms with Crippen molar-refractivity contribution in [3.8, 4) is 17.2 Å². The van der Waals surface area contributed by atoms with Gasteiger partial charge in [-0.15, -0.1) is 4.74 Å². The quantitative estimate of drug-likeness (QED) is 0.502. The van der Waals surface area contributed by atoms with E-state index in [1.54, 1.807) is 43.3 Å². The summed E-state index contributed by atoms with van der Waals surface area (Å²) in [4.78, 5) is 29.0. The molecular weight excluding hydrogens is 393 g/mol. The van der Waals surface area contributed by atoms with E-state index in [1.807, 2.05) is 4.98 Å². The van der Waals surface area contributed by atoms with Crippen molar-refractivity contribution in [3.05, 3.63) is 92.4 Å². The number of aromatic amines is 1. The maximum Gasteiger partial charge on any atom is 0.440 e. The SMILES string of the molecule is Cc1oc(-c2cccc(F)c2)nc1CCOc1ccc(Cn2oc(=O)[nH]c2=O)cc1. The van der Waals surface area contributed by atoms with Crippen molar-refractivity contribution in [2.75, 3.05) is 6.61 Å². The minimum absolute atomic E-state index is 0.138. The van der Waals surface area contributed by atoms with Crippen LogP contribution in [0.2, 0.25) is 0 Å². The molecule has 0 unspecified atom stereocenters. The van der Waals surface area contributed by atoms with Crippen LogP contribution in [-0.2, 0) is 13.0 Å². The lowest BCUT2D eigenvalue weighted by Gasteiger charge is -2.06. The van der Waals surface area contributed by atoms with E-state index in [9.17, 15) is 14.0 Å². The summed E-state index contributed by atoms with van der Waals surface area (Å²) in [6.45, 7) is 2.32. The van der Waals surface area contributed by atoms with E-state index in [-0.39, 0.29) is 12.4 Å². The number of nitrogens with one attached hydrogen (secondary N) is 1. The zero-order valence-corrected chi connectivity index (χ0v) is 16.1. The first-order valence-corrected chi connectivity index (χ1v) is 9.22. The molecule has 0 saturated carbocycles. The molecule has 0 amide bonds. The molecule has 30 heavy (non-hydrogen) atoms.